The lowest BCUT2D eigenvalue weighted by Gasteiger charge is -2.36. The summed E-state index contributed by atoms with van der Waals surface area (Å²) >= 11 is 1.57. The molecule has 0 amide bonds. The molecule has 1 aliphatic carbocycles. The number of nitrogens with zero attached hydrogens (tertiary/aromatic N) is 1. The molecular formula is C14H21NOS. The Kier molecular flexibility index (Phi) is 3.67. The molecule has 0 bridgehead atoms. The maximum Gasteiger partial charge on any atom is 0.161 e. The quantitative estimate of drug-likeness (QED) is 0.734. The summed E-state index contributed by atoms with van der Waals surface area (Å²) in [6, 6.07) is 0. The second-order valence-corrected chi connectivity index (χ2v) is 7.23. The van der Waals surface area contributed by atoms with Gasteiger partial charge in [0.2, 0.25) is 0 Å². The first-order chi connectivity index (χ1) is 8.00. The summed E-state index contributed by atoms with van der Waals surface area (Å²) in [5, 5.41) is 1.17. The molecule has 1 aromatic rings. The molecule has 1 saturated carbocycles. The fraction of sp³-hybridized carbons (Fsp3) is 0.714. The number of hydrogen-bond donors (Lipinski definition) is 0. The molecule has 1 aromatic heterocycles. The topological polar surface area (TPSA) is 30.0 Å². The lowest BCUT2D eigenvalue weighted by molar-refractivity contribution is 0.112. The molecule has 17 heavy (non-hydrogen) atoms. The zero-order valence-electron chi connectivity index (χ0n) is 10.9. The van der Waals surface area contributed by atoms with Gasteiger partial charge in [0.1, 0.15) is 0 Å². The predicted octanol–water partition coefficient (Wildman–Crippen LogP) is 4.28. The van der Waals surface area contributed by atoms with E-state index in [1.165, 1.54) is 30.7 Å². The van der Waals surface area contributed by atoms with Crippen LogP contribution < -0.4 is 0 Å². The van der Waals surface area contributed by atoms with Gasteiger partial charge in [-0.2, -0.15) is 0 Å². The van der Waals surface area contributed by atoms with Gasteiger partial charge >= 0.3 is 0 Å². The maximum atomic E-state index is 10.7. The Morgan fingerprint density at radius 3 is 2.41 bits per heavy atom. The first kappa shape index (κ1) is 12.7. The molecule has 1 aliphatic rings. The summed E-state index contributed by atoms with van der Waals surface area (Å²) in [5.41, 5.74) is 0.432. The number of carbonyl (C=O) groups is 1. The van der Waals surface area contributed by atoms with Crippen LogP contribution in [0.3, 0.4) is 0 Å². The average Bonchev–Trinajstić information content (AvgIpc) is 2.76. The van der Waals surface area contributed by atoms with Crippen molar-refractivity contribution in [2.24, 2.45) is 11.3 Å². The SMILES string of the molecule is CC(C)(C)C1CCC(c2ncc(C=O)s2)CC1. The second kappa shape index (κ2) is 4.89. The Balaban J connectivity index is 1.97. The van der Waals surface area contributed by atoms with Crippen LogP contribution in [0.4, 0.5) is 0 Å². The molecule has 0 aromatic carbocycles. The molecule has 3 heteroatoms. The molecule has 2 nitrogen and oxygen atoms in total. The van der Waals surface area contributed by atoms with Gasteiger partial charge in [-0.05, 0) is 37.0 Å². The molecule has 1 heterocycles. The molecule has 94 valence electrons. The summed E-state index contributed by atoms with van der Waals surface area (Å²) in [6.07, 6.45) is 7.67. The summed E-state index contributed by atoms with van der Waals surface area (Å²) in [5.74, 6) is 1.43. The molecule has 0 N–H and O–H groups in total. The van der Waals surface area contributed by atoms with Gasteiger partial charge in [0, 0.05) is 12.1 Å². The molecular weight excluding hydrogens is 230 g/mol. The summed E-state index contributed by atoms with van der Waals surface area (Å²) in [4.78, 5) is 15.8. The van der Waals surface area contributed by atoms with E-state index in [0.717, 1.165) is 17.1 Å². The minimum Gasteiger partial charge on any atom is -0.297 e. The Bertz CT molecular complexity index is 383. The van der Waals surface area contributed by atoms with Gasteiger partial charge in [0.05, 0.1) is 9.88 Å². The molecule has 2 rings (SSSR count). The number of carbonyl (C=O) groups excluding carboxylic acids is 1. The summed E-state index contributed by atoms with van der Waals surface area (Å²) in [6.45, 7) is 7.02. The third-order valence-electron chi connectivity index (χ3n) is 3.96. The van der Waals surface area contributed by atoms with E-state index < -0.39 is 0 Å². The van der Waals surface area contributed by atoms with Crippen LogP contribution in [-0.2, 0) is 0 Å². The molecule has 0 unspecified atom stereocenters. The third kappa shape index (κ3) is 2.95. The fourth-order valence-corrected chi connectivity index (χ4v) is 3.65. The largest absolute Gasteiger partial charge is 0.297 e. The van der Waals surface area contributed by atoms with Crippen molar-refractivity contribution < 1.29 is 4.79 Å². The number of aldehydes is 1. The van der Waals surface area contributed by atoms with Crippen LogP contribution in [-0.4, -0.2) is 11.3 Å². The van der Waals surface area contributed by atoms with Gasteiger partial charge in [0.25, 0.3) is 0 Å². The van der Waals surface area contributed by atoms with Crippen molar-refractivity contribution in [2.45, 2.75) is 52.4 Å². The van der Waals surface area contributed by atoms with Crippen LogP contribution in [0.25, 0.3) is 0 Å². The van der Waals surface area contributed by atoms with E-state index in [-0.39, 0.29) is 0 Å². The van der Waals surface area contributed by atoms with Gasteiger partial charge in [-0.1, -0.05) is 20.8 Å². The monoisotopic (exact) mass is 251 g/mol. The molecule has 0 spiro atoms. The zero-order valence-corrected chi connectivity index (χ0v) is 11.7. The first-order valence-electron chi connectivity index (χ1n) is 6.41. The summed E-state index contributed by atoms with van der Waals surface area (Å²) < 4.78 is 0. The van der Waals surface area contributed by atoms with Gasteiger partial charge in [-0.15, -0.1) is 11.3 Å². The minimum atomic E-state index is 0.432. The van der Waals surface area contributed by atoms with E-state index in [2.05, 4.69) is 25.8 Å². The van der Waals surface area contributed by atoms with Crippen molar-refractivity contribution in [2.75, 3.05) is 0 Å². The lowest BCUT2D eigenvalue weighted by Crippen LogP contribution is -2.25. The van der Waals surface area contributed by atoms with E-state index >= 15 is 0 Å². The molecule has 0 aliphatic heterocycles. The van der Waals surface area contributed by atoms with Gasteiger partial charge < -0.3 is 0 Å². The minimum absolute atomic E-state index is 0.432. The highest BCUT2D eigenvalue weighted by Gasteiger charge is 2.31. The predicted molar refractivity (Wildman–Crippen MR) is 71.7 cm³/mol. The van der Waals surface area contributed by atoms with Crippen molar-refractivity contribution >= 4 is 17.6 Å². The Hall–Kier alpha value is -0.700. The van der Waals surface area contributed by atoms with Gasteiger partial charge in [-0.3, -0.25) is 4.79 Å². The van der Waals surface area contributed by atoms with Gasteiger partial charge in [0.15, 0.2) is 6.29 Å². The highest BCUT2D eigenvalue weighted by molar-refractivity contribution is 7.13. The highest BCUT2D eigenvalue weighted by atomic mass is 32.1. The summed E-state index contributed by atoms with van der Waals surface area (Å²) in [7, 11) is 0. The maximum absolute atomic E-state index is 10.7. The van der Waals surface area contributed by atoms with Crippen molar-refractivity contribution in [1.82, 2.24) is 4.98 Å². The lowest BCUT2D eigenvalue weighted by atomic mass is 9.70. The normalized spacial score (nSPS) is 25.8. The van der Waals surface area contributed by atoms with Crippen molar-refractivity contribution in [3.63, 3.8) is 0 Å². The highest BCUT2D eigenvalue weighted by Crippen LogP contribution is 2.43. The van der Waals surface area contributed by atoms with Crippen LogP contribution in [0, 0.1) is 11.3 Å². The molecule has 0 atom stereocenters. The van der Waals surface area contributed by atoms with Crippen LogP contribution in [0.15, 0.2) is 6.20 Å². The standard InChI is InChI=1S/C14H21NOS/c1-14(2,3)11-6-4-10(5-7-11)13-15-8-12(9-16)17-13/h8-11H,4-7H2,1-3H3. The van der Waals surface area contributed by atoms with Crippen LogP contribution in [0.1, 0.15) is 67.1 Å². The Labute approximate surface area is 107 Å². The van der Waals surface area contributed by atoms with E-state index in [0.29, 0.717) is 11.3 Å². The average molecular weight is 251 g/mol. The van der Waals surface area contributed by atoms with Crippen LogP contribution in [0.2, 0.25) is 0 Å². The number of thiazole rings is 1. The number of aromatic nitrogens is 1. The second-order valence-electron chi connectivity index (χ2n) is 6.13. The van der Waals surface area contributed by atoms with Crippen molar-refractivity contribution in [1.29, 1.82) is 0 Å². The number of rotatable bonds is 2. The van der Waals surface area contributed by atoms with E-state index in [9.17, 15) is 4.79 Å². The van der Waals surface area contributed by atoms with Crippen molar-refractivity contribution in [3.8, 4) is 0 Å². The molecule has 1 fully saturated rings. The molecule has 0 saturated heterocycles. The number of hydrogen-bond acceptors (Lipinski definition) is 3. The Morgan fingerprint density at radius 2 is 1.94 bits per heavy atom. The zero-order chi connectivity index (χ0) is 12.5. The smallest absolute Gasteiger partial charge is 0.161 e. The van der Waals surface area contributed by atoms with E-state index in [1.54, 1.807) is 17.5 Å². The Morgan fingerprint density at radius 1 is 1.29 bits per heavy atom. The fourth-order valence-electron chi connectivity index (χ4n) is 2.75. The van der Waals surface area contributed by atoms with Crippen LogP contribution in [0.5, 0.6) is 0 Å². The van der Waals surface area contributed by atoms with Gasteiger partial charge in [-0.25, -0.2) is 4.98 Å². The van der Waals surface area contributed by atoms with E-state index in [1.807, 2.05) is 0 Å². The van der Waals surface area contributed by atoms with Crippen molar-refractivity contribution in [3.05, 3.63) is 16.1 Å². The van der Waals surface area contributed by atoms with E-state index in [4.69, 9.17) is 0 Å². The first-order valence-corrected chi connectivity index (χ1v) is 7.23. The van der Waals surface area contributed by atoms with Crippen LogP contribution >= 0.6 is 11.3 Å². The third-order valence-corrected chi connectivity index (χ3v) is 5.04. The molecule has 0 radical (unpaired) electrons.